The van der Waals surface area contributed by atoms with Crippen LogP contribution in [-0.2, 0) is 11.3 Å². The molecule has 8 heteroatoms. The van der Waals surface area contributed by atoms with E-state index >= 15 is 0 Å². The van der Waals surface area contributed by atoms with Crippen LogP contribution in [0.15, 0.2) is 53.7 Å². The van der Waals surface area contributed by atoms with E-state index in [9.17, 15) is 4.79 Å². The molecular weight excluding hydrogens is 374 g/mol. The number of thioether (sulfide) groups is 1. The summed E-state index contributed by atoms with van der Waals surface area (Å²) in [4.78, 5) is 12.4. The molecule has 0 fully saturated rings. The summed E-state index contributed by atoms with van der Waals surface area (Å²) in [6, 6.07) is 15.4. The monoisotopic (exact) mass is 397 g/mol. The van der Waals surface area contributed by atoms with Crippen molar-refractivity contribution in [2.24, 2.45) is 0 Å². The van der Waals surface area contributed by atoms with Crippen LogP contribution in [-0.4, -0.2) is 33.1 Å². The number of aryl methyl sites for hydroxylation is 1. The molecule has 0 bridgehead atoms. The van der Waals surface area contributed by atoms with Crippen molar-refractivity contribution < 1.29 is 9.53 Å². The fourth-order valence-corrected chi connectivity index (χ4v) is 3.34. The summed E-state index contributed by atoms with van der Waals surface area (Å²) >= 11 is 1.27. The van der Waals surface area contributed by atoms with E-state index in [1.54, 1.807) is 7.11 Å². The molecule has 0 saturated heterocycles. The summed E-state index contributed by atoms with van der Waals surface area (Å²) in [6.45, 7) is 4.27. The van der Waals surface area contributed by atoms with Crippen LogP contribution in [0.1, 0.15) is 18.1 Å². The minimum absolute atomic E-state index is 0.0966. The minimum atomic E-state index is -0.365. The Morgan fingerprint density at radius 3 is 2.50 bits per heavy atom. The molecule has 0 unspecified atom stereocenters. The van der Waals surface area contributed by atoms with Gasteiger partial charge in [0, 0.05) is 12.1 Å². The van der Waals surface area contributed by atoms with Gasteiger partial charge in [0.2, 0.25) is 11.1 Å². The lowest BCUT2D eigenvalue weighted by Crippen LogP contribution is -2.30. The van der Waals surface area contributed by atoms with Gasteiger partial charge in [0.15, 0.2) is 5.82 Å². The van der Waals surface area contributed by atoms with Gasteiger partial charge in [-0.15, -0.1) is 10.2 Å². The molecule has 0 saturated carbocycles. The summed E-state index contributed by atoms with van der Waals surface area (Å²) in [7, 11) is 1.62. The van der Waals surface area contributed by atoms with Crippen molar-refractivity contribution in [1.29, 1.82) is 0 Å². The Kier molecular flexibility index (Phi) is 6.20. The number of carbonyl (C=O) groups is 1. The molecule has 1 heterocycles. The number of ether oxygens (including phenoxy) is 1. The van der Waals surface area contributed by atoms with Gasteiger partial charge < -0.3 is 15.9 Å². The minimum Gasteiger partial charge on any atom is -0.497 e. The number of rotatable bonds is 7. The van der Waals surface area contributed by atoms with Crippen molar-refractivity contribution >= 4 is 17.7 Å². The lowest BCUT2D eigenvalue weighted by atomic mass is 10.1. The van der Waals surface area contributed by atoms with Crippen molar-refractivity contribution in [3.05, 3.63) is 59.7 Å². The van der Waals surface area contributed by atoms with Crippen molar-refractivity contribution in [3.8, 4) is 17.1 Å². The van der Waals surface area contributed by atoms with Crippen molar-refractivity contribution in [2.45, 2.75) is 30.8 Å². The lowest BCUT2D eigenvalue weighted by Gasteiger charge is -2.12. The van der Waals surface area contributed by atoms with E-state index in [0.29, 0.717) is 17.5 Å². The van der Waals surface area contributed by atoms with Crippen LogP contribution in [0.2, 0.25) is 0 Å². The molecule has 0 aliphatic rings. The first-order chi connectivity index (χ1) is 13.5. The van der Waals surface area contributed by atoms with E-state index in [1.165, 1.54) is 16.4 Å². The fraction of sp³-hybridized carbons (Fsp3) is 0.250. The van der Waals surface area contributed by atoms with Gasteiger partial charge in [0.25, 0.3) is 0 Å². The molecule has 0 spiro atoms. The number of carbonyl (C=O) groups excluding carboxylic acids is 1. The van der Waals surface area contributed by atoms with Gasteiger partial charge in [-0.05, 0) is 31.5 Å². The lowest BCUT2D eigenvalue weighted by molar-refractivity contribution is -0.120. The van der Waals surface area contributed by atoms with E-state index in [4.69, 9.17) is 10.6 Å². The highest BCUT2D eigenvalue weighted by molar-refractivity contribution is 8.00. The van der Waals surface area contributed by atoms with Gasteiger partial charge in [0.1, 0.15) is 5.75 Å². The molecule has 1 aromatic heterocycles. The Hall–Kier alpha value is -3.00. The summed E-state index contributed by atoms with van der Waals surface area (Å²) in [6.07, 6.45) is 0. The number of nitrogen functional groups attached to an aromatic ring is 1. The number of nitrogens with one attached hydrogen (secondary N) is 1. The number of amides is 1. The number of aromatic nitrogens is 3. The maximum atomic E-state index is 12.4. The van der Waals surface area contributed by atoms with Crippen LogP contribution in [0.3, 0.4) is 0 Å². The molecule has 0 aliphatic heterocycles. The number of nitrogens with two attached hydrogens (primary N) is 1. The van der Waals surface area contributed by atoms with Crippen LogP contribution in [0, 0.1) is 6.92 Å². The molecule has 2 aromatic carbocycles. The number of benzene rings is 2. The third-order valence-corrected chi connectivity index (χ3v) is 5.31. The molecule has 0 aliphatic carbocycles. The van der Waals surface area contributed by atoms with E-state index in [2.05, 4.69) is 15.5 Å². The molecule has 3 rings (SSSR count). The summed E-state index contributed by atoms with van der Waals surface area (Å²) in [5, 5.41) is 11.3. The maximum absolute atomic E-state index is 12.4. The first kappa shape index (κ1) is 19.8. The number of methoxy groups -OCH3 is 1. The topological polar surface area (TPSA) is 95.1 Å². The van der Waals surface area contributed by atoms with Gasteiger partial charge in [0.05, 0.1) is 12.4 Å². The zero-order valence-electron chi connectivity index (χ0n) is 16.0. The molecule has 1 atom stereocenters. The normalized spacial score (nSPS) is 11.8. The summed E-state index contributed by atoms with van der Waals surface area (Å²) < 4.78 is 6.55. The number of hydrogen-bond donors (Lipinski definition) is 2. The van der Waals surface area contributed by atoms with Crippen molar-refractivity contribution in [1.82, 2.24) is 20.2 Å². The first-order valence-electron chi connectivity index (χ1n) is 8.82. The SMILES string of the molecule is COc1ccc(CNC(=O)[C@H](C)Sc2nnc(-c3ccc(C)cc3)n2N)cc1. The molecule has 146 valence electrons. The average molecular weight is 398 g/mol. The zero-order chi connectivity index (χ0) is 20.1. The van der Waals surface area contributed by atoms with Gasteiger partial charge in [-0.25, -0.2) is 4.68 Å². The van der Waals surface area contributed by atoms with Crippen molar-refractivity contribution in [3.63, 3.8) is 0 Å². The molecular formula is C20H23N5O2S. The summed E-state index contributed by atoms with van der Waals surface area (Å²) in [5.41, 5.74) is 3.03. The maximum Gasteiger partial charge on any atom is 0.233 e. The Morgan fingerprint density at radius 2 is 1.86 bits per heavy atom. The van der Waals surface area contributed by atoms with Gasteiger partial charge in [-0.2, -0.15) is 0 Å². The van der Waals surface area contributed by atoms with Gasteiger partial charge >= 0.3 is 0 Å². The Morgan fingerprint density at radius 1 is 1.18 bits per heavy atom. The largest absolute Gasteiger partial charge is 0.497 e. The fourth-order valence-electron chi connectivity index (χ4n) is 2.54. The van der Waals surface area contributed by atoms with Crippen molar-refractivity contribution in [2.75, 3.05) is 13.0 Å². The van der Waals surface area contributed by atoms with Gasteiger partial charge in [-0.3, -0.25) is 4.79 Å². The van der Waals surface area contributed by atoms with Crippen LogP contribution >= 0.6 is 11.8 Å². The van der Waals surface area contributed by atoms with E-state index in [-0.39, 0.29) is 11.2 Å². The van der Waals surface area contributed by atoms with Crippen LogP contribution < -0.4 is 15.9 Å². The Bertz CT molecular complexity index is 938. The quantitative estimate of drug-likeness (QED) is 0.470. The molecule has 0 radical (unpaired) electrons. The molecule has 3 N–H and O–H groups in total. The Balaban J connectivity index is 1.60. The van der Waals surface area contributed by atoms with E-state index in [0.717, 1.165) is 22.4 Å². The third-order valence-electron chi connectivity index (χ3n) is 4.25. The van der Waals surface area contributed by atoms with Gasteiger partial charge in [-0.1, -0.05) is 53.7 Å². The molecule has 28 heavy (non-hydrogen) atoms. The van der Waals surface area contributed by atoms with Crippen LogP contribution in [0.5, 0.6) is 5.75 Å². The van der Waals surface area contributed by atoms with E-state index < -0.39 is 0 Å². The zero-order valence-corrected chi connectivity index (χ0v) is 16.9. The standard InChI is InChI=1S/C20H23N5O2S/c1-13-4-8-16(9-5-13)18-23-24-20(25(18)21)28-14(2)19(26)22-12-15-6-10-17(27-3)11-7-15/h4-11,14H,12,21H2,1-3H3,(H,22,26)/t14-/m0/s1. The van der Waals surface area contributed by atoms with Crippen LogP contribution in [0.25, 0.3) is 11.4 Å². The Labute approximate surface area is 168 Å². The molecule has 1 amide bonds. The van der Waals surface area contributed by atoms with Crippen LogP contribution in [0.4, 0.5) is 0 Å². The highest BCUT2D eigenvalue weighted by atomic mass is 32.2. The first-order valence-corrected chi connectivity index (χ1v) is 9.70. The predicted octanol–water partition coefficient (Wildman–Crippen LogP) is 2.77. The summed E-state index contributed by atoms with van der Waals surface area (Å²) in [5.74, 6) is 7.39. The molecule has 7 nitrogen and oxygen atoms in total. The smallest absolute Gasteiger partial charge is 0.233 e. The highest BCUT2D eigenvalue weighted by Gasteiger charge is 2.19. The third kappa shape index (κ3) is 4.64. The average Bonchev–Trinajstić information content (AvgIpc) is 3.07. The second kappa shape index (κ2) is 8.79. The van der Waals surface area contributed by atoms with E-state index in [1.807, 2.05) is 62.4 Å². The molecule has 3 aromatic rings. The number of nitrogens with zero attached hydrogens (tertiary/aromatic N) is 3. The second-order valence-electron chi connectivity index (χ2n) is 6.37. The predicted molar refractivity (Wildman–Crippen MR) is 111 cm³/mol. The highest BCUT2D eigenvalue weighted by Crippen LogP contribution is 2.25. The number of hydrogen-bond acceptors (Lipinski definition) is 6. The second-order valence-corrected chi connectivity index (χ2v) is 7.68.